The van der Waals surface area contributed by atoms with Crippen LogP contribution >= 0.6 is 0 Å². The van der Waals surface area contributed by atoms with Crippen LogP contribution in [0.3, 0.4) is 0 Å². The second-order valence-corrected chi connectivity index (χ2v) is 4.74. The lowest BCUT2D eigenvalue weighted by molar-refractivity contribution is 0.618. The first-order valence-electron chi connectivity index (χ1n) is 6.68. The smallest absolute Gasteiger partial charge is 0.139 e. The lowest BCUT2D eigenvalue weighted by atomic mass is 10.1. The fourth-order valence-corrected chi connectivity index (χ4v) is 2.39. The molecule has 0 spiro atoms. The molecular weight excluding hydrogens is 253 g/mol. The number of rotatable bonds is 3. The summed E-state index contributed by atoms with van der Waals surface area (Å²) >= 11 is 0. The minimum atomic E-state index is -0.294. The zero-order valence-electron chi connectivity index (χ0n) is 11.3. The van der Waals surface area contributed by atoms with Crippen LogP contribution in [0.2, 0.25) is 0 Å². The van der Waals surface area contributed by atoms with Gasteiger partial charge in [0.15, 0.2) is 0 Å². The van der Waals surface area contributed by atoms with E-state index in [0.717, 1.165) is 23.4 Å². The largest absolute Gasteiger partial charge is 0.325 e. The van der Waals surface area contributed by atoms with Crippen molar-refractivity contribution in [2.24, 2.45) is 5.73 Å². The average Bonchev–Trinajstić information content (AvgIpc) is 2.85. The Bertz CT molecular complexity index is 744. The number of hydrogen-bond acceptors (Lipinski definition) is 2. The number of hydrogen-bond donors (Lipinski definition) is 1. The Labute approximate surface area is 116 Å². The Morgan fingerprint density at radius 1 is 1.15 bits per heavy atom. The van der Waals surface area contributed by atoms with Crippen molar-refractivity contribution in [2.45, 2.75) is 19.9 Å². The van der Waals surface area contributed by atoms with Crippen LogP contribution in [-0.4, -0.2) is 9.38 Å². The molecule has 0 radical (unpaired) electrons. The summed E-state index contributed by atoms with van der Waals surface area (Å²) in [7, 11) is 0. The molecule has 0 bridgehead atoms. The molecule has 0 saturated heterocycles. The Morgan fingerprint density at radius 3 is 2.55 bits per heavy atom. The number of fused-ring (bicyclic) bond motifs is 1. The molecule has 0 atom stereocenters. The van der Waals surface area contributed by atoms with Gasteiger partial charge in [-0.2, -0.15) is 0 Å². The maximum absolute atomic E-state index is 13.4. The zero-order chi connectivity index (χ0) is 14.1. The highest BCUT2D eigenvalue weighted by Crippen LogP contribution is 2.25. The molecule has 0 fully saturated rings. The Hall–Kier alpha value is -2.20. The van der Waals surface area contributed by atoms with Gasteiger partial charge >= 0.3 is 0 Å². The van der Waals surface area contributed by atoms with Crippen molar-refractivity contribution in [1.82, 2.24) is 9.38 Å². The molecule has 4 heteroatoms. The van der Waals surface area contributed by atoms with Crippen molar-refractivity contribution in [3.8, 4) is 11.3 Å². The van der Waals surface area contributed by atoms with Gasteiger partial charge in [-0.1, -0.05) is 31.2 Å². The summed E-state index contributed by atoms with van der Waals surface area (Å²) in [5.74, 6) is -0.294. The molecule has 2 N–H and O–H groups in total. The fourth-order valence-electron chi connectivity index (χ4n) is 2.39. The average molecular weight is 269 g/mol. The van der Waals surface area contributed by atoms with Crippen molar-refractivity contribution in [3.63, 3.8) is 0 Å². The third-order valence-electron chi connectivity index (χ3n) is 3.51. The van der Waals surface area contributed by atoms with Gasteiger partial charge in [-0.3, -0.25) is 4.40 Å². The quantitative estimate of drug-likeness (QED) is 0.793. The van der Waals surface area contributed by atoms with Gasteiger partial charge in [-0.15, -0.1) is 0 Å². The highest BCUT2D eigenvalue weighted by Gasteiger charge is 2.13. The van der Waals surface area contributed by atoms with E-state index in [2.05, 4.69) is 24.0 Å². The van der Waals surface area contributed by atoms with E-state index in [1.165, 1.54) is 17.8 Å². The first-order valence-corrected chi connectivity index (χ1v) is 6.68. The van der Waals surface area contributed by atoms with Gasteiger partial charge in [0.25, 0.3) is 0 Å². The molecule has 2 heterocycles. The number of nitrogens with two attached hydrogens (primary N) is 1. The molecule has 102 valence electrons. The number of imidazole rings is 1. The van der Waals surface area contributed by atoms with Gasteiger partial charge in [0.05, 0.1) is 11.4 Å². The van der Waals surface area contributed by atoms with E-state index >= 15 is 0 Å². The molecule has 0 aliphatic rings. The predicted octanol–water partition coefficient (Wildman–Crippen LogP) is 3.16. The molecule has 0 aliphatic carbocycles. The molecule has 3 rings (SSSR count). The number of nitrogens with zero attached hydrogens (tertiary/aromatic N) is 2. The van der Waals surface area contributed by atoms with Gasteiger partial charge in [0.2, 0.25) is 0 Å². The third-order valence-corrected chi connectivity index (χ3v) is 3.51. The van der Waals surface area contributed by atoms with E-state index in [1.54, 1.807) is 10.5 Å². The zero-order valence-corrected chi connectivity index (χ0v) is 11.3. The number of aromatic nitrogens is 2. The van der Waals surface area contributed by atoms with Crippen molar-refractivity contribution < 1.29 is 4.39 Å². The summed E-state index contributed by atoms with van der Waals surface area (Å²) in [6.07, 6.45) is 2.43. The number of halogens is 1. The molecule has 2 aromatic heterocycles. The van der Waals surface area contributed by atoms with E-state index in [4.69, 9.17) is 5.73 Å². The molecule has 20 heavy (non-hydrogen) atoms. The van der Waals surface area contributed by atoms with Crippen LogP contribution in [0.1, 0.15) is 18.2 Å². The van der Waals surface area contributed by atoms with Gasteiger partial charge in [-0.25, -0.2) is 9.37 Å². The summed E-state index contributed by atoms with van der Waals surface area (Å²) in [4.78, 5) is 4.57. The number of aryl methyl sites for hydroxylation is 1. The monoisotopic (exact) mass is 269 g/mol. The van der Waals surface area contributed by atoms with Crippen LogP contribution in [0.25, 0.3) is 16.9 Å². The van der Waals surface area contributed by atoms with E-state index < -0.39 is 0 Å². The number of pyridine rings is 1. The second kappa shape index (κ2) is 5.06. The lowest BCUT2D eigenvalue weighted by Gasteiger charge is -2.03. The fraction of sp³-hybridized carbons (Fsp3) is 0.188. The van der Waals surface area contributed by atoms with Gasteiger partial charge in [-0.05, 0) is 24.1 Å². The summed E-state index contributed by atoms with van der Waals surface area (Å²) in [5.41, 5.74) is 10.5. The van der Waals surface area contributed by atoms with Crippen LogP contribution in [0.15, 0.2) is 42.6 Å². The minimum Gasteiger partial charge on any atom is -0.325 e. The van der Waals surface area contributed by atoms with Gasteiger partial charge < -0.3 is 5.73 Å². The molecule has 3 nitrogen and oxygen atoms in total. The first kappa shape index (κ1) is 12.8. The summed E-state index contributed by atoms with van der Waals surface area (Å²) in [6, 6.07) is 11.3. The Morgan fingerprint density at radius 2 is 1.90 bits per heavy atom. The summed E-state index contributed by atoms with van der Waals surface area (Å²) in [6.45, 7) is 2.43. The molecule has 1 aromatic carbocycles. The predicted molar refractivity (Wildman–Crippen MR) is 77.9 cm³/mol. The van der Waals surface area contributed by atoms with Gasteiger partial charge in [0, 0.05) is 18.3 Å². The van der Waals surface area contributed by atoms with Crippen molar-refractivity contribution in [3.05, 3.63) is 59.7 Å². The lowest BCUT2D eigenvalue weighted by Crippen LogP contribution is -2.02. The molecular formula is C16H16FN3. The minimum absolute atomic E-state index is 0.294. The molecule has 0 aliphatic heterocycles. The normalized spacial score (nSPS) is 11.2. The van der Waals surface area contributed by atoms with Crippen LogP contribution < -0.4 is 5.73 Å². The van der Waals surface area contributed by atoms with Crippen molar-refractivity contribution >= 4 is 5.65 Å². The van der Waals surface area contributed by atoms with Gasteiger partial charge in [0.1, 0.15) is 11.5 Å². The standard InChI is InChI=1S/C16H16FN3/c1-2-11-3-5-12(6-4-11)16-14(9-18)20-10-13(17)7-8-15(20)19-16/h3-8,10H,2,9,18H2,1H3. The number of benzene rings is 1. The molecule has 0 unspecified atom stereocenters. The summed E-state index contributed by atoms with van der Waals surface area (Å²) < 4.78 is 15.1. The van der Waals surface area contributed by atoms with Crippen LogP contribution in [0.4, 0.5) is 4.39 Å². The molecule has 0 saturated carbocycles. The van der Waals surface area contributed by atoms with Crippen LogP contribution in [-0.2, 0) is 13.0 Å². The van der Waals surface area contributed by atoms with Crippen molar-refractivity contribution in [1.29, 1.82) is 0 Å². The summed E-state index contributed by atoms with van der Waals surface area (Å²) in [5, 5.41) is 0. The van der Waals surface area contributed by atoms with Crippen LogP contribution in [0, 0.1) is 5.82 Å². The van der Waals surface area contributed by atoms with E-state index in [9.17, 15) is 4.39 Å². The van der Waals surface area contributed by atoms with E-state index in [-0.39, 0.29) is 5.82 Å². The Kier molecular flexibility index (Phi) is 3.24. The SMILES string of the molecule is CCc1ccc(-c2nc3ccc(F)cn3c2CN)cc1. The van der Waals surface area contributed by atoms with Crippen LogP contribution in [0.5, 0.6) is 0 Å². The third kappa shape index (κ3) is 2.08. The maximum Gasteiger partial charge on any atom is 0.139 e. The topological polar surface area (TPSA) is 43.3 Å². The van der Waals surface area contributed by atoms with E-state index in [0.29, 0.717) is 12.2 Å². The van der Waals surface area contributed by atoms with Crippen molar-refractivity contribution in [2.75, 3.05) is 0 Å². The van der Waals surface area contributed by atoms with E-state index in [1.807, 2.05) is 12.1 Å². The highest BCUT2D eigenvalue weighted by atomic mass is 19.1. The Balaban J connectivity index is 2.19. The molecule has 0 amide bonds. The highest BCUT2D eigenvalue weighted by molar-refractivity contribution is 5.66. The maximum atomic E-state index is 13.4. The second-order valence-electron chi connectivity index (χ2n) is 4.74. The molecule has 3 aromatic rings. The first-order chi connectivity index (χ1) is 9.72.